The Balaban J connectivity index is 2.38. The minimum atomic E-state index is 0.740. The molecule has 82 valence electrons. The van der Waals surface area contributed by atoms with Gasteiger partial charge < -0.3 is 15.1 Å². The van der Waals surface area contributed by atoms with E-state index >= 15 is 0 Å². The molecule has 0 aliphatic heterocycles. The Labute approximate surface area is 90.9 Å². The Morgan fingerprint density at radius 1 is 1.13 bits per heavy atom. The number of furan rings is 1. The standard InChI is InChI=1S/C12H18N2O/c1-3-6-13-9-11-5-8-15-12(11)10-14-7-4-2/h3-5,8,13-14H,1-2,6-7,9-10H2. The Morgan fingerprint density at radius 2 is 1.80 bits per heavy atom. The fourth-order valence-corrected chi connectivity index (χ4v) is 1.28. The molecule has 0 radical (unpaired) electrons. The van der Waals surface area contributed by atoms with Crippen molar-refractivity contribution >= 4 is 0 Å². The third kappa shape index (κ3) is 4.14. The zero-order chi connectivity index (χ0) is 10.9. The number of rotatable bonds is 8. The van der Waals surface area contributed by atoms with Crippen LogP contribution in [-0.2, 0) is 13.1 Å². The first-order valence-corrected chi connectivity index (χ1v) is 5.07. The largest absolute Gasteiger partial charge is 0.468 e. The highest BCUT2D eigenvalue weighted by Crippen LogP contribution is 2.09. The van der Waals surface area contributed by atoms with E-state index in [0.29, 0.717) is 0 Å². The maximum atomic E-state index is 5.38. The fraction of sp³-hybridized carbons (Fsp3) is 0.333. The van der Waals surface area contributed by atoms with Crippen LogP contribution in [0.25, 0.3) is 0 Å². The van der Waals surface area contributed by atoms with Gasteiger partial charge in [-0.25, -0.2) is 0 Å². The molecule has 0 aromatic carbocycles. The summed E-state index contributed by atoms with van der Waals surface area (Å²) in [4.78, 5) is 0. The van der Waals surface area contributed by atoms with Crippen LogP contribution in [-0.4, -0.2) is 13.1 Å². The molecule has 0 aliphatic carbocycles. The Kier molecular flexibility index (Phi) is 5.51. The fourth-order valence-electron chi connectivity index (χ4n) is 1.28. The van der Waals surface area contributed by atoms with E-state index < -0.39 is 0 Å². The average molecular weight is 206 g/mol. The van der Waals surface area contributed by atoms with Gasteiger partial charge in [-0.15, -0.1) is 13.2 Å². The highest BCUT2D eigenvalue weighted by atomic mass is 16.3. The van der Waals surface area contributed by atoms with E-state index in [4.69, 9.17) is 4.42 Å². The van der Waals surface area contributed by atoms with E-state index in [0.717, 1.165) is 31.9 Å². The Morgan fingerprint density at radius 3 is 2.47 bits per heavy atom. The molecule has 0 atom stereocenters. The lowest BCUT2D eigenvalue weighted by Crippen LogP contribution is -2.16. The van der Waals surface area contributed by atoms with Gasteiger partial charge in [0.1, 0.15) is 5.76 Å². The molecule has 1 aromatic rings. The third-order valence-corrected chi connectivity index (χ3v) is 2.02. The zero-order valence-electron chi connectivity index (χ0n) is 8.96. The van der Waals surface area contributed by atoms with Crippen molar-refractivity contribution in [2.75, 3.05) is 13.1 Å². The number of hydrogen-bond donors (Lipinski definition) is 2. The first-order valence-electron chi connectivity index (χ1n) is 5.07. The van der Waals surface area contributed by atoms with Crippen molar-refractivity contribution in [2.45, 2.75) is 13.1 Å². The molecule has 0 unspecified atom stereocenters. The molecule has 0 fully saturated rings. The van der Waals surface area contributed by atoms with Crippen LogP contribution in [0.5, 0.6) is 0 Å². The molecular formula is C12H18N2O. The Hall–Kier alpha value is -1.32. The second kappa shape index (κ2) is 7.04. The molecule has 0 amide bonds. The van der Waals surface area contributed by atoms with Crippen LogP contribution in [0.1, 0.15) is 11.3 Å². The van der Waals surface area contributed by atoms with Gasteiger partial charge >= 0.3 is 0 Å². The van der Waals surface area contributed by atoms with Gasteiger partial charge in [0.05, 0.1) is 12.8 Å². The van der Waals surface area contributed by atoms with Crippen molar-refractivity contribution in [1.29, 1.82) is 0 Å². The summed E-state index contributed by atoms with van der Waals surface area (Å²) in [6.45, 7) is 10.5. The minimum absolute atomic E-state index is 0.740. The van der Waals surface area contributed by atoms with Crippen molar-refractivity contribution in [1.82, 2.24) is 10.6 Å². The molecule has 0 spiro atoms. The van der Waals surface area contributed by atoms with Gasteiger partial charge in [0.2, 0.25) is 0 Å². The van der Waals surface area contributed by atoms with Crippen LogP contribution in [0.3, 0.4) is 0 Å². The van der Waals surface area contributed by atoms with Gasteiger partial charge in [-0.2, -0.15) is 0 Å². The third-order valence-electron chi connectivity index (χ3n) is 2.02. The second-order valence-corrected chi connectivity index (χ2v) is 3.21. The van der Waals surface area contributed by atoms with Gasteiger partial charge in [-0.3, -0.25) is 0 Å². The molecule has 1 rings (SSSR count). The second-order valence-electron chi connectivity index (χ2n) is 3.21. The molecule has 1 aromatic heterocycles. The molecule has 2 N–H and O–H groups in total. The van der Waals surface area contributed by atoms with Crippen molar-refractivity contribution in [2.24, 2.45) is 0 Å². The van der Waals surface area contributed by atoms with Gasteiger partial charge in [-0.05, 0) is 6.07 Å². The van der Waals surface area contributed by atoms with Gasteiger partial charge in [-0.1, -0.05) is 12.2 Å². The van der Waals surface area contributed by atoms with Crippen LogP contribution >= 0.6 is 0 Å². The molecule has 3 nitrogen and oxygen atoms in total. The number of hydrogen-bond acceptors (Lipinski definition) is 3. The first-order chi connectivity index (χ1) is 7.38. The summed E-state index contributed by atoms with van der Waals surface area (Å²) in [5.74, 6) is 0.980. The summed E-state index contributed by atoms with van der Waals surface area (Å²) in [7, 11) is 0. The van der Waals surface area contributed by atoms with E-state index in [2.05, 4.69) is 23.8 Å². The Bertz CT molecular complexity index is 276. The van der Waals surface area contributed by atoms with E-state index in [1.165, 1.54) is 5.56 Å². The van der Waals surface area contributed by atoms with Crippen LogP contribution < -0.4 is 10.6 Å². The minimum Gasteiger partial charge on any atom is -0.468 e. The van der Waals surface area contributed by atoms with Gasteiger partial charge in [0, 0.05) is 25.2 Å². The predicted molar refractivity (Wildman–Crippen MR) is 62.5 cm³/mol. The first kappa shape index (κ1) is 11.8. The highest BCUT2D eigenvalue weighted by Gasteiger charge is 2.04. The summed E-state index contributed by atoms with van der Waals surface area (Å²) in [5, 5.41) is 6.45. The normalized spacial score (nSPS) is 10.1. The molecule has 0 saturated carbocycles. The average Bonchev–Trinajstić information content (AvgIpc) is 2.67. The van der Waals surface area contributed by atoms with Crippen LogP contribution in [0.15, 0.2) is 42.1 Å². The summed E-state index contributed by atoms with van der Waals surface area (Å²) >= 11 is 0. The summed E-state index contributed by atoms with van der Waals surface area (Å²) in [6, 6.07) is 1.99. The molecule has 0 bridgehead atoms. The lowest BCUT2D eigenvalue weighted by molar-refractivity contribution is 0.483. The molecule has 3 heteroatoms. The lowest BCUT2D eigenvalue weighted by atomic mass is 10.2. The quantitative estimate of drug-likeness (QED) is 0.503. The predicted octanol–water partition coefficient (Wildman–Crippen LogP) is 1.83. The van der Waals surface area contributed by atoms with E-state index in [1.54, 1.807) is 6.26 Å². The molecule has 0 saturated heterocycles. The van der Waals surface area contributed by atoms with Crippen molar-refractivity contribution < 1.29 is 4.42 Å². The summed E-state index contributed by atoms with van der Waals surface area (Å²) in [6.07, 6.45) is 5.39. The van der Waals surface area contributed by atoms with Crippen molar-refractivity contribution in [3.8, 4) is 0 Å². The lowest BCUT2D eigenvalue weighted by Gasteiger charge is -2.03. The zero-order valence-corrected chi connectivity index (χ0v) is 8.96. The molecule has 0 aliphatic rings. The van der Waals surface area contributed by atoms with Crippen LogP contribution in [0.2, 0.25) is 0 Å². The van der Waals surface area contributed by atoms with Crippen LogP contribution in [0, 0.1) is 0 Å². The van der Waals surface area contributed by atoms with Gasteiger partial charge in [0.15, 0.2) is 0 Å². The van der Waals surface area contributed by atoms with Gasteiger partial charge in [0.25, 0.3) is 0 Å². The highest BCUT2D eigenvalue weighted by molar-refractivity contribution is 5.16. The molecule has 15 heavy (non-hydrogen) atoms. The monoisotopic (exact) mass is 206 g/mol. The SMILES string of the molecule is C=CCNCc1ccoc1CNCC=C. The summed E-state index contributed by atoms with van der Waals surface area (Å²) < 4.78 is 5.38. The van der Waals surface area contributed by atoms with Crippen molar-refractivity contribution in [3.63, 3.8) is 0 Å². The molecule has 1 heterocycles. The maximum absolute atomic E-state index is 5.38. The topological polar surface area (TPSA) is 37.2 Å². The smallest absolute Gasteiger partial charge is 0.122 e. The van der Waals surface area contributed by atoms with Crippen LogP contribution in [0.4, 0.5) is 0 Å². The van der Waals surface area contributed by atoms with Crippen molar-refractivity contribution in [3.05, 3.63) is 49.0 Å². The molecular weight excluding hydrogens is 188 g/mol. The maximum Gasteiger partial charge on any atom is 0.122 e. The van der Waals surface area contributed by atoms with E-state index in [9.17, 15) is 0 Å². The number of nitrogens with one attached hydrogen (secondary N) is 2. The van der Waals surface area contributed by atoms with E-state index in [1.807, 2.05) is 18.2 Å². The van der Waals surface area contributed by atoms with E-state index in [-0.39, 0.29) is 0 Å². The summed E-state index contributed by atoms with van der Waals surface area (Å²) in [5.41, 5.74) is 1.19.